The minimum atomic E-state index is -0.391. The zero-order chi connectivity index (χ0) is 14.9. The minimum Gasteiger partial charge on any atom is -0.271 e. The molecule has 0 spiro atoms. The Bertz CT molecular complexity index is 621. The van der Waals surface area contributed by atoms with Gasteiger partial charge in [0.25, 0.3) is 0 Å². The van der Waals surface area contributed by atoms with Crippen molar-refractivity contribution in [2.75, 3.05) is 0 Å². The topological polar surface area (TPSA) is 38.0 Å². The van der Waals surface area contributed by atoms with Gasteiger partial charge in [0.05, 0.1) is 10.5 Å². The first-order valence-corrected chi connectivity index (χ1v) is 7.71. The summed E-state index contributed by atoms with van der Waals surface area (Å²) in [5.74, 6) is 5.35. The second-order valence-corrected chi connectivity index (χ2v) is 6.36. The summed E-state index contributed by atoms with van der Waals surface area (Å²) < 4.78 is 15.7. The number of aryl methyl sites for hydroxylation is 2. The molecule has 0 amide bonds. The summed E-state index contributed by atoms with van der Waals surface area (Å²) in [5.41, 5.74) is 6.34. The molecule has 5 heteroatoms. The maximum Gasteiger partial charge on any atom is 0.142 e. The molecule has 106 valence electrons. The average molecular weight is 402 g/mol. The van der Waals surface area contributed by atoms with Gasteiger partial charge in [-0.05, 0) is 52.5 Å². The highest BCUT2D eigenvalue weighted by Crippen LogP contribution is 2.31. The Morgan fingerprint density at radius 2 is 1.75 bits per heavy atom. The van der Waals surface area contributed by atoms with E-state index in [1.54, 1.807) is 18.2 Å². The van der Waals surface area contributed by atoms with Crippen molar-refractivity contribution in [2.45, 2.75) is 19.9 Å². The van der Waals surface area contributed by atoms with Gasteiger partial charge >= 0.3 is 0 Å². The molecule has 0 saturated carbocycles. The molecule has 0 fully saturated rings. The molecule has 1 atom stereocenters. The predicted molar refractivity (Wildman–Crippen MR) is 86.9 cm³/mol. The molecule has 0 radical (unpaired) electrons. The molecule has 2 aromatic carbocycles. The third-order valence-corrected chi connectivity index (χ3v) is 5.11. The third-order valence-electron chi connectivity index (χ3n) is 3.25. The molecule has 1 unspecified atom stereocenters. The van der Waals surface area contributed by atoms with Crippen LogP contribution in [0.15, 0.2) is 39.3 Å². The molecule has 0 heterocycles. The Labute approximate surface area is 134 Å². The zero-order valence-corrected chi connectivity index (χ0v) is 14.3. The Kier molecular flexibility index (Phi) is 4.96. The normalized spacial score (nSPS) is 12.5. The van der Waals surface area contributed by atoms with Crippen LogP contribution < -0.4 is 11.3 Å². The van der Waals surface area contributed by atoms with Gasteiger partial charge in [0, 0.05) is 10.0 Å². The van der Waals surface area contributed by atoms with Crippen LogP contribution in [-0.2, 0) is 0 Å². The first-order chi connectivity index (χ1) is 9.45. The molecular formula is C15H15Br2FN2. The zero-order valence-electron chi connectivity index (χ0n) is 11.2. The van der Waals surface area contributed by atoms with Crippen molar-refractivity contribution in [1.82, 2.24) is 5.43 Å². The molecular weight excluding hydrogens is 387 g/mol. The smallest absolute Gasteiger partial charge is 0.142 e. The molecule has 0 saturated heterocycles. The largest absolute Gasteiger partial charge is 0.271 e. The van der Waals surface area contributed by atoms with Crippen molar-refractivity contribution in [3.8, 4) is 0 Å². The number of hydrogen-bond acceptors (Lipinski definition) is 2. The monoisotopic (exact) mass is 400 g/mol. The quantitative estimate of drug-likeness (QED) is 0.586. The Morgan fingerprint density at radius 3 is 2.30 bits per heavy atom. The van der Waals surface area contributed by atoms with Crippen molar-refractivity contribution in [3.05, 3.63) is 67.3 Å². The standard InChI is InChI=1S/C15H15Br2FN2/c1-8-6-10(7-9(2)13(8)17)15(20-19)11-4-3-5-12(16)14(11)18/h3-7,15,20H,19H2,1-2H3. The summed E-state index contributed by atoms with van der Waals surface area (Å²) in [7, 11) is 0. The van der Waals surface area contributed by atoms with Crippen LogP contribution in [0.4, 0.5) is 4.39 Å². The van der Waals surface area contributed by atoms with Crippen molar-refractivity contribution in [3.63, 3.8) is 0 Å². The lowest BCUT2D eigenvalue weighted by Gasteiger charge is -2.20. The van der Waals surface area contributed by atoms with Gasteiger partial charge in [0.15, 0.2) is 0 Å². The fourth-order valence-electron chi connectivity index (χ4n) is 2.26. The lowest BCUT2D eigenvalue weighted by Crippen LogP contribution is -2.29. The van der Waals surface area contributed by atoms with Crippen LogP contribution in [0.25, 0.3) is 0 Å². The molecule has 0 bridgehead atoms. The van der Waals surface area contributed by atoms with E-state index in [9.17, 15) is 4.39 Å². The average Bonchev–Trinajstić information content (AvgIpc) is 2.41. The highest BCUT2D eigenvalue weighted by Gasteiger charge is 2.19. The molecule has 0 aliphatic rings. The molecule has 2 aromatic rings. The first-order valence-electron chi connectivity index (χ1n) is 6.12. The number of nitrogens with one attached hydrogen (secondary N) is 1. The van der Waals surface area contributed by atoms with E-state index in [2.05, 4.69) is 37.3 Å². The van der Waals surface area contributed by atoms with Crippen LogP contribution in [0.5, 0.6) is 0 Å². The summed E-state index contributed by atoms with van der Waals surface area (Å²) in [4.78, 5) is 0. The van der Waals surface area contributed by atoms with E-state index in [1.165, 1.54) is 0 Å². The van der Waals surface area contributed by atoms with Gasteiger partial charge in [-0.15, -0.1) is 0 Å². The van der Waals surface area contributed by atoms with E-state index in [1.807, 2.05) is 26.0 Å². The van der Waals surface area contributed by atoms with Crippen LogP contribution in [0.3, 0.4) is 0 Å². The van der Waals surface area contributed by atoms with Gasteiger partial charge in [-0.1, -0.05) is 40.2 Å². The molecule has 2 nitrogen and oxygen atoms in total. The molecule has 3 N–H and O–H groups in total. The number of benzene rings is 2. The minimum absolute atomic E-state index is 0.298. The van der Waals surface area contributed by atoms with Gasteiger partial charge < -0.3 is 0 Å². The number of halogens is 3. The summed E-state index contributed by atoms with van der Waals surface area (Å²) in [6.45, 7) is 4.01. The molecule has 0 aliphatic heterocycles. The number of nitrogens with two attached hydrogens (primary N) is 1. The van der Waals surface area contributed by atoms with E-state index in [0.29, 0.717) is 10.0 Å². The molecule has 0 aromatic heterocycles. The Balaban J connectivity index is 2.55. The second kappa shape index (κ2) is 6.35. The molecule has 0 aliphatic carbocycles. The van der Waals surface area contributed by atoms with E-state index in [0.717, 1.165) is 21.2 Å². The summed E-state index contributed by atoms with van der Waals surface area (Å²) >= 11 is 6.74. The molecule has 2 rings (SSSR count). The first kappa shape index (κ1) is 15.6. The lowest BCUT2D eigenvalue weighted by atomic mass is 9.96. The summed E-state index contributed by atoms with van der Waals surface area (Å²) in [5, 5.41) is 0. The van der Waals surface area contributed by atoms with Gasteiger partial charge in [0.1, 0.15) is 5.82 Å². The second-order valence-electron chi connectivity index (χ2n) is 4.71. The van der Waals surface area contributed by atoms with E-state index >= 15 is 0 Å². The number of hydrogen-bond donors (Lipinski definition) is 2. The van der Waals surface area contributed by atoms with E-state index in [4.69, 9.17) is 5.84 Å². The highest BCUT2D eigenvalue weighted by molar-refractivity contribution is 9.10. The van der Waals surface area contributed by atoms with Crippen LogP contribution in [-0.4, -0.2) is 0 Å². The lowest BCUT2D eigenvalue weighted by molar-refractivity contribution is 0.555. The Hall–Kier alpha value is -0.750. The van der Waals surface area contributed by atoms with Crippen LogP contribution in [0, 0.1) is 19.7 Å². The summed E-state index contributed by atoms with van der Waals surface area (Å²) in [6, 6.07) is 8.81. The van der Waals surface area contributed by atoms with E-state index < -0.39 is 6.04 Å². The third kappa shape index (κ3) is 2.96. The number of hydrazine groups is 1. The SMILES string of the molecule is Cc1cc(C(NN)c2cccc(Br)c2F)cc(C)c1Br. The van der Waals surface area contributed by atoms with Crippen LogP contribution in [0.1, 0.15) is 28.3 Å². The fraction of sp³-hybridized carbons (Fsp3) is 0.200. The van der Waals surface area contributed by atoms with Crippen LogP contribution in [0.2, 0.25) is 0 Å². The van der Waals surface area contributed by atoms with Gasteiger partial charge in [-0.2, -0.15) is 0 Å². The van der Waals surface area contributed by atoms with Gasteiger partial charge in [-0.25, -0.2) is 9.82 Å². The van der Waals surface area contributed by atoms with E-state index in [-0.39, 0.29) is 5.82 Å². The van der Waals surface area contributed by atoms with Crippen molar-refractivity contribution in [1.29, 1.82) is 0 Å². The Morgan fingerprint density at radius 1 is 1.15 bits per heavy atom. The maximum absolute atomic E-state index is 14.3. The number of rotatable bonds is 3. The maximum atomic E-state index is 14.3. The van der Waals surface area contributed by atoms with Gasteiger partial charge in [0.2, 0.25) is 0 Å². The van der Waals surface area contributed by atoms with Crippen molar-refractivity contribution >= 4 is 31.9 Å². The highest BCUT2D eigenvalue weighted by atomic mass is 79.9. The van der Waals surface area contributed by atoms with Gasteiger partial charge in [-0.3, -0.25) is 5.84 Å². The van der Waals surface area contributed by atoms with Crippen LogP contribution >= 0.6 is 31.9 Å². The van der Waals surface area contributed by atoms with Crippen molar-refractivity contribution in [2.24, 2.45) is 5.84 Å². The fourth-order valence-corrected chi connectivity index (χ4v) is 2.87. The molecule has 20 heavy (non-hydrogen) atoms. The summed E-state index contributed by atoms with van der Waals surface area (Å²) in [6.07, 6.45) is 0. The van der Waals surface area contributed by atoms with Crippen molar-refractivity contribution < 1.29 is 4.39 Å². The predicted octanol–water partition coefficient (Wildman–Crippen LogP) is 4.52.